The van der Waals surface area contributed by atoms with Crippen LogP contribution in [0.2, 0.25) is 0 Å². The van der Waals surface area contributed by atoms with Gasteiger partial charge in [0.05, 0.1) is 6.42 Å². The van der Waals surface area contributed by atoms with Crippen LogP contribution >= 0.6 is 7.37 Å². The summed E-state index contributed by atoms with van der Waals surface area (Å²) >= 11 is 0. The molecule has 0 rings (SSSR count). The van der Waals surface area contributed by atoms with Gasteiger partial charge in [-0.05, 0) is 5.82 Å². The fourth-order valence-electron chi connectivity index (χ4n) is 0.661. The molecule has 1 N–H and O–H groups in total. The fourth-order valence-corrected chi connectivity index (χ4v) is 1.71. The standard InChI is InChI=1S/C6H7F6O2P/c7-5(8,9)2-1-3-15(13,14)4-6(10,11)12/h1,3H,2,4H2,(H,13,14). The van der Waals surface area contributed by atoms with Gasteiger partial charge in [0.2, 0.25) is 7.37 Å². The number of hydrogen-bond acceptors (Lipinski definition) is 1. The lowest BCUT2D eigenvalue weighted by Crippen LogP contribution is -2.13. The zero-order valence-electron chi connectivity index (χ0n) is 7.14. The molecule has 0 saturated heterocycles. The number of halogens is 6. The highest BCUT2D eigenvalue weighted by atomic mass is 31.2. The molecule has 0 amide bonds. The Labute approximate surface area is 81.0 Å². The summed E-state index contributed by atoms with van der Waals surface area (Å²) in [6.45, 7) is 0. The van der Waals surface area contributed by atoms with E-state index in [2.05, 4.69) is 0 Å². The third kappa shape index (κ3) is 9.81. The van der Waals surface area contributed by atoms with E-state index < -0.39 is 32.3 Å². The highest BCUT2D eigenvalue weighted by Crippen LogP contribution is 2.47. The summed E-state index contributed by atoms with van der Waals surface area (Å²) in [5.74, 6) is 0.0635. The molecule has 0 heterocycles. The summed E-state index contributed by atoms with van der Waals surface area (Å²) in [5, 5.41) is 0. The van der Waals surface area contributed by atoms with Gasteiger partial charge in [-0.25, -0.2) is 0 Å². The highest BCUT2D eigenvalue weighted by molar-refractivity contribution is 7.61. The molecule has 2 nitrogen and oxygen atoms in total. The van der Waals surface area contributed by atoms with Crippen molar-refractivity contribution < 1.29 is 35.8 Å². The van der Waals surface area contributed by atoms with Crippen molar-refractivity contribution in [2.75, 3.05) is 6.16 Å². The molecule has 0 aromatic carbocycles. The average molecular weight is 256 g/mol. The first-order chi connectivity index (χ1) is 6.41. The summed E-state index contributed by atoms with van der Waals surface area (Å²) < 4.78 is 80.1. The molecule has 0 aliphatic heterocycles. The van der Waals surface area contributed by atoms with Crippen molar-refractivity contribution in [1.82, 2.24) is 0 Å². The van der Waals surface area contributed by atoms with Crippen LogP contribution in [0.3, 0.4) is 0 Å². The molecule has 9 heteroatoms. The van der Waals surface area contributed by atoms with Gasteiger partial charge in [-0.2, -0.15) is 26.3 Å². The van der Waals surface area contributed by atoms with Gasteiger partial charge in [0, 0.05) is 0 Å². The predicted octanol–water partition coefficient (Wildman–Crippen LogP) is 3.29. The molecule has 0 bridgehead atoms. The molecule has 0 aliphatic carbocycles. The summed E-state index contributed by atoms with van der Waals surface area (Å²) in [6, 6.07) is 0. The second-order valence-corrected chi connectivity index (χ2v) is 4.86. The van der Waals surface area contributed by atoms with E-state index in [9.17, 15) is 30.9 Å². The van der Waals surface area contributed by atoms with Gasteiger partial charge in [0.25, 0.3) is 0 Å². The molecule has 1 atom stereocenters. The van der Waals surface area contributed by atoms with Crippen LogP contribution in [0.15, 0.2) is 11.9 Å². The van der Waals surface area contributed by atoms with Gasteiger partial charge < -0.3 is 4.89 Å². The Balaban J connectivity index is 4.33. The lowest BCUT2D eigenvalue weighted by atomic mass is 10.4. The molecular formula is C6H7F6O2P. The van der Waals surface area contributed by atoms with Crippen molar-refractivity contribution in [1.29, 1.82) is 0 Å². The van der Waals surface area contributed by atoms with E-state index in [-0.39, 0.29) is 11.9 Å². The van der Waals surface area contributed by atoms with E-state index in [4.69, 9.17) is 4.89 Å². The number of alkyl halides is 6. The quantitative estimate of drug-likeness (QED) is 0.621. The monoisotopic (exact) mass is 256 g/mol. The van der Waals surface area contributed by atoms with E-state index >= 15 is 0 Å². The van der Waals surface area contributed by atoms with Crippen LogP contribution in [0.5, 0.6) is 0 Å². The first kappa shape index (κ1) is 14.5. The molecule has 15 heavy (non-hydrogen) atoms. The van der Waals surface area contributed by atoms with E-state index in [1.54, 1.807) is 0 Å². The minimum Gasteiger partial charge on any atom is -0.341 e. The second-order valence-electron chi connectivity index (χ2n) is 2.73. The summed E-state index contributed by atoms with van der Waals surface area (Å²) in [7, 11) is -4.71. The summed E-state index contributed by atoms with van der Waals surface area (Å²) in [4.78, 5) is 8.63. The van der Waals surface area contributed by atoms with Gasteiger partial charge in [-0.1, -0.05) is 6.08 Å². The van der Waals surface area contributed by atoms with Gasteiger partial charge in [0.15, 0.2) is 0 Å². The minimum absolute atomic E-state index is 0.0635. The maximum absolute atomic E-state index is 11.6. The number of allylic oxidation sites excluding steroid dienone is 1. The van der Waals surface area contributed by atoms with Crippen molar-refractivity contribution in [3.63, 3.8) is 0 Å². The smallest absolute Gasteiger partial charge is 0.341 e. The van der Waals surface area contributed by atoms with Gasteiger partial charge in [-0.15, -0.1) is 0 Å². The fraction of sp³-hybridized carbons (Fsp3) is 0.667. The minimum atomic E-state index is -4.88. The molecule has 0 aromatic rings. The predicted molar refractivity (Wildman–Crippen MR) is 40.6 cm³/mol. The van der Waals surface area contributed by atoms with Crippen LogP contribution in [0.1, 0.15) is 6.42 Å². The van der Waals surface area contributed by atoms with Crippen LogP contribution in [0.4, 0.5) is 26.3 Å². The van der Waals surface area contributed by atoms with Crippen molar-refractivity contribution in [3.8, 4) is 0 Å². The molecule has 0 saturated carbocycles. The van der Waals surface area contributed by atoms with Crippen LogP contribution in [0.25, 0.3) is 0 Å². The largest absolute Gasteiger partial charge is 0.398 e. The Kier molecular flexibility index (Phi) is 4.42. The Bertz CT molecular complexity index is 278. The molecular weight excluding hydrogens is 249 g/mol. The summed E-state index contributed by atoms with van der Waals surface area (Å²) in [6.07, 6.45) is -12.8. The van der Waals surface area contributed by atoms with E-state index in [1.807, 2.05) is 0 Å². The Hall–Kier alpha value is -0.490. The lowest BCUT2D eigenvalue weighted by molar-refractivity contribution is -0.125. The maximum Gasteiger partial charge on any atom is 0.398 e. The number of rotatable bonds is 3. The first-order valence-corrected chi connectivity index (χ1v) is 5.45. The van der Waals surface area contributed by atoms with Crippen molar-refractivity contribution >= 4 is 7.37 Å². The topological polar surface area (TPSA) is 37.3 Å². The third-order valence-electron chi connectivity index (χ3n) is 1.09. The molecule has 0 aromatic heterocycles. The normalized spacial score (nSPS) is 18.1. The Morgan fingerprint density at radius 2 is 1.53 bits per heavy atom. The highest BCUT2D eigenvalue weighted by Gasteiger charge is 2.36. The second kappa shape index (κ2) is 4.57. The van der Waals surface area contributed by atoms with Crippen molar-refractivity contribution in [3.05, 3.63) is 11.9 Å². The molecule has 0 aliphatic rings. The van der Waals surface area contributed by atoms with E-state index in [0.29, 0.717) is 0 Å². The van der Waals surface area contributed by atoms with Crippen LogP contribution in [0, 0.1) is 0 Å². The summed E-state index contributed by atoms with van der Waals surface area (Å²) in [5.41, 5.74) is 0. The van der Waals surface area contributed by atoms with Gasteiger partial charge in [0.1, 0.15) is 6.16 Å². The van der Waals surface area contributed by atoms with E-state index in [0.717, 1.165) is 0 Å². The molecule has 0 spiro atoms. The maximum atomic E-state index is 11.6. The molecule has 0 radical (unpaired) electrons. The number of hydrogen-bond donors (Lipinski definition) is 1. The van der Waals surface area contributed by atoms with Gasteiger partial charge in [-0.3, -0.25) is 4.57 Å². The average Bonchev–Trinajstić information content (AvgIpc) is 1.75. The van der Waals surface area contributed by atoms with Crippen LogP contribution < -0.4 is 0 Å². The van der Waals surface area contributed by atoms with Crippen LogP contribution in [-0.2, 0) is 4.57 Å². The van der Waals surface area contributed by atoms with Crippen molar-refractivity contribution in [2.24, 2.45) is 0 Å². The first-order valence-electron chi connectivity index (χ1n) is 3.54. The van der Waals surface area contributed by atoms with Gasteiger partial charge >= 0.3 is 12.4 Å². The third-order valence-corrected chi connectivity index (χ3v) is 2.58. The molecule has 90 valence electrons. The van der Waals surface area contributed by atoms with E-state index in [1.165, 1.54) is 0 Å². The Morgan fingerprint density at radius 3 is 1.87 bits per heavy atom. The molecule has 0 fully saturated rings. The molecule has 1 unspecified atom stereocenters. The van der Waals surface area contributed by atoms with Crippen molar-refractivity contribution in [2.45, 2.75) is 18.8 Å². The lowest BCUT2D eigenvalue weighted by Gasteiger charge is -2.09. The SMILES string of the molecule is O=P(O)(C=CCC(F)(F)F)CC(F)(F)F. The van der Waals surface area contributed by atoms with Crippen LogP contribution in [-0.4, -0.2) is 23.4 Å². The Morgan fingerprint density at radius 1 is 1.07 bits per heavy atom. The zero-order chi connectivity index (χ0) is 12.3. The zero-order valence-corrected chi connectivity index (χ0v) is 8.03.